The minimum Gasteiger partial charge on any atom is -0.490 e. The predicted molar refractivity (Wildman–Crippen MR) is 140 cm³/mol. The highest BCUT2D eigenvalue weighted by Crippen LogP contribution is 2.43. The molecule has 0 saturated heterocycles. The molecule has 0 saturated carbocycles. The van der Waals surface area contributed by atoms with Crippen molar-refractivity contribution in [2.45, 2.75) is 32.5 Å². The summed E-state index contributed by atoms with van der Waals surface area (Å²) < 4.78 is 59.2. The van der Waals surface area contributed by atoms with E-state index in [0.29, 0.717) is 46.6 Å². The van der Waals surface area contributed by atoms with Gasteiger partial charge in [-0.25, -0.2) is 9.98 Å². The predicted octanol–water partition coefficient (Wildman–Crippen LogP) is 6.89. The van der Waals surface area contributed by atoms with Crippen molar-refractivity contribution in [3.05, 3.63) is 66.0 Å². The number of hydrogen-bond donors (Lipinski definition) is 2. The molecule has 0 radical (unpaired) electrons. The average Bonchev–Trinajstić information content (AvgIpc) is 3.35. The number of anilines is 1. The highest BCUT2D eigenvalue weighted by atomic mass is 19.4. The van der Waals surface area contributed by atoms with Crippen LogP contribution in [0.25, 0.3) is 22.2 Å². The molecule has 8 nitrogen and oxygen atoms in total. The first-order valence-corrected chi connectivity index (χ1v) is 12.2. The van der Waals surface area contributed by atoms with Gasteiger partial charge in [-0.15, -0.1) is 0 Å². The molecule has 2 aromatic carbocycles. The Labute approximate surface area is 222 Å². The van der Waals surface area contributed by atoms with Crippen LogP contribution in [0.1, 0.15) is 31.4 Å². The van der Waals surface area contributed by atoms with E-state index in [1.165, 1.54) is 24.4 Å². The van der Waals surface area contributed by atoms with Gasteiger partial charge in [0.25, 0.3) is 6.02 Å². The minimum absolute atomic E-state index is 0.118. The van der Waals surface area contributed by atoms with Gasteiger partial charge >= 0.3 is 6.18 Å². The van der Waals surface area contributed by atoms with Crippen molar-refractivity contribution in [3.63, 3.8) is 0 Å². The molecular formula is C28H24F3N5O3. The molecule has 11 heteroatoms. The Hall–Kier alpha value is -4.72. The van der Waals surface area contributed by atoms with Gasteiger partial charge in [-0.05, 0) is 55.8 Å². The molecule has 4 aromatic rings. The number of amidine groups is 1. The molecule has 0 unspecified atom stereocenters. The van der Waals surface area contributed by atoms with Crippen LogP contribution in [-0.2, 0) is 10.9 Å². The van der Waals surface area contributed by atoms with E-state index in [-0.39, 0.29) is 29.3 Å². The quantitative estimate of drug-likeness (QED) is 0.279. The number of aromatic nitrogens is 2. The fraction of sp³-hybridized carbons (Fsp3) is 0.250. The lowest BCUT2D eigenvalue weighted by Crippen LogP contribution is -2.22. The monoisotopic (exact) mass is 535 g/mol. The number of rotatable bonds is 6. The van der Waals surface area contributed by atoms with Crippen LogP contribution in [0.4, 0.5) is 18.9 Å². The van der Waals surface area contributed by atoms with Crippen LogP contribution in [0, 0.1) is 11.3 Å². The van der Waals surface area contributed by atoms with Crippen molar-refractivity contribution in [1.29, 1.82) is 5.26 Å². The van der Waals surface area contributed by atoms with E-state index in [1.54, 1.807) is 24.4 Å². The summed E-state index contributed by atoms with van der Waals surface area (Å²) >= 11 is 0. The van der Waals surface area contributed by atoms with Gasteiger partial charge in [-0.3, -0.25) is 0 Å². The molecule has 5 rings (SSSR count). The van der Waals surface area contributed by atoms with Crippen molar-refractivity contribution >= 4 is 22.7 Å². The van der Waals surface area contributed by atoms with Gasteiger partial charge in [0.15, 0.2) is 0 Å². The second kappa shape index (κ2) is 10.6. The zero-order valence-electron chi connectivity index (χ0n) is 21.1. The van der Waals surface area contributed by atoms with Gasteiger partial charge < -0.3 is 24.5 Å². The number of nitrogens with one attached hydrogen (secondary N) is 2. The van der Waals surface area contributed by atoms with Gasteiger partial charge in [-0.1, -0.05) is 6.07 Å². The standard InChI is InChI=1S/C28H24F3N5O3/c1-16(2)38-22-6-4-17(12-18(22)14-32)20-15-35-26-25(20)24(8-10-33-26)39-23-7-5-19(13-21(23)28(29,30)31)36-27-34-9-3-11-37-27/h4-8,10,12-13,15-16H,3,9,11H2,1-2H3,(H,33,35)(H,34,36). The van der Waals surface area contributed by atoms with E-state index in [0.717, 1.165) is 12.5 Å². The molecule has 2 N–H and O–H groups in total. The molecule has 200 valence electrons. The largest absolute Gasteiger partial charge is 0.490 e. The summed E-state index contributed by atoms with van der Waals surface area (Å²) in [5.41, 5.74) is 1.22. The first-order chi connectivity index (χ1) is 18.7. The van der Waals surface area contributed by atoms with E-state index in [1.807, 2.05) is 13.8 Å². The molecule has 0 amide bonds. The van der Waals surface area contributed by atoms with Gasteiger partial charge in [0, 0.05) is 36.6 Å². The Morgan fingerprint density at radius 1 is 1.10 bits per heavy atom. The lowest BCUT2D eigenvalue weighted by molar-refractivity contribution is -0.138. The molecule has 0 atom stereocenters. The van der Waals surface area contributed by atoms with E-state index in [9.17, 15) is 18.4 Å². The summed E-state index contributed by atoms with van der Waals surface area (Å²) in [5, 5.41) is 12.9. The second-order valence-corrected chi connectivity index (χ2v) is 9.05. The van der Waals surface area contributed by atoms with Crippen LogP contribution in [0.2, 0.25) is 0 Å². The van der Waals surface area contributed by atoms with Crippen LogP contribution >= 0.6 is 0 Å². The van der Waals surface area contributed by atoms with Crippen molar-refractivity contribution in [2.24, 2.45) is 4.99 Å². The first kappa shape index (κ1) is 25.9. The number of alkyl halides is 3. The van der Waals surface area contributed by atoms with Crippen LogP contribution in [0.15, 0.2) is 59.9 Å². The average molecular weight is 536 g/mol. The fourth-order valence-corrected chi connectivity index (χ4v) is 4.18. The maximum absolute atomic E-state index is 14.1. The fourth-order valence-electron chi connectivity index (χ4n) is 4.18. The maximum Gasteiger partial charge on any atom is 0.420 e. The summed E-state index contributed by atoms with van der Waals surface area (Å²) in [6.45, 7) is 4.70. The van der Waals surface area contributed by atoms with Crippen molar-refractivity contribution in [2.75, 3.05) is 18.5 Å². The number of aromatic amines is 1. The Balaban J connectivity index is 1.53. The normalized spacial score (nSPS) is 13.5. The molecular weight excluding hydrogens is 511 g/mol. The number of ether oxygens (including phenoxy) is 3. The topological polar surface area (TPSA) is 105 Å². The summed E-state index contributed by atoms with van der Waals surface area (Å²) in [6, 6.07) is 12.6. The Kier molecular flexibility index (Phi) is 7.02. The number of benzene rings is 2. The van der Waals surface area contributed by atoms with Crippen LogP contribution < -0.4 is 14.8 Å². The number of halogens is 3. The van der Waals surface area contributed by atoms with Crippen LogP contribution in [0.3, 0.4) is 0 Å². The number of nitriles is 1. The number of aliphatic imine (C=N–C) groups is 1. The van der Waals surface area contributed by atoms with Gasteiger partial charge in [0.05, 0.1) is 23.7 Å². The third-order valence-corrected chi connectivity index (χ3v) is 5.86. The lowest BCUT2D eigenvalue weighted by atomic mass is 10.0. The summed E-state index contributed by atoms with van der Waals surface area (Å²) in [4.78, 5) is 11.5. The van der Waals surface area contributed by atoms with Crippen LogP contribution in [-0.4, -0.2) is 35.2 Å². The van der Waals surface area contributed by atoms with E-state index in [4.69, 9.17) is 14.2 Å². The smallest absolute Gasteiger partial charge is 0.420 e. The molecule has 3 heterocycles. The molecule has 39 heavy (non-hydrogen) atoms. The Morgan fingerprint density at radius 2 is 1.92 bits per heavy atom. The molecule has 0 bridgehead atoms. The summed E-state index contributed by atoms with van der Waals surface area (Å²) in [7, 11) is 0. The summed E-state index contributed by atoms with van der Waals surface area (Å²) in [6.07, 6.45) is -0.940. The Bertz CT molecular complexity index is 1590. The first-order valence-electron chi connectivity index (χ1n) is 12.2. The molecule has 0 aliphatic carbocycles. The molecule has 0 fully saturated rings. The van der Waals surface area contributed by atoms with E-state index >= 15 is 0 Å². The van der Waals surface area contributed by atoms with E-state index in [2.05, 4.69) is 26.3 Å². The SMILES string of the molecule is CC(C)Oc1ccc(-c2c[nH]c3nccc(Oc4ccc(NC5=NCCCO5)cc4C(F)(F)F)c23)cc1C#N. The molecule has 1 aliphatic heterocycles. The molecule has 2 aromatic heterocycles. The summed E-state index contributed by atoms with van der Waals surface area (Å²) in [5.74, 6) is 0.236. The molecule has 0 spiro atoms. The highest BCUT2D eigenvalue weighted by molar-refractivity contribution is 5.98. The van der Waals surface area contributed by atoms with Crippen molar-refractivity contribution in [3.8, 4) is 34.4 Å². The third-order valence-electron chi connectivity index (χ3n) is 5.86. The van der Waals surface area contributed by atoms with Gasteiger partial charge in [0.2, 0.25) is 0 Å². The van der Waals surface area contributed by atoms with E-state index < -0.39 is 11.7 Å². The third kappa shape index (κ3) is 5.60. The number of H-pyrrole nitrogens is 1. The number of nitrogens with zero attached hydrogens (tertiary/aromatic N) is 3. The molecule has 1 aliphatic rings. The van der Waals surface area contributed by atoms with Gasteiger partial charge in [0.1, 0.15) is 34.5 Å². The van der Waals surface area contributed by atoms with Crippen molar-refractivity contribution in [1.82, 2.24) is 9.97 Å². The number of fused-ring (bicyclic) bond motifs is 1. The lowest BCUT2D eigenvalue weighted by Gasteiger charge is -2.18. The Morgan fingerprint density at radius 3 is 2.64 bits per heavy atom. The van der Waals surface area contributed by atoms with Crippen molar-refractivity contribution < 1.29 is 27.4 Å². The zero-order valence-corrected chi connectivity index (χ0v) is 21.1. The number of hydrogen-bond acceptors (Lipinski definition) is 7. The highest BCUT2D eigenvalue weighted by Gasteiger charge is 2.35. The van der Waals surface area contributed by atoms with Crippen LogP contribution in [0.5, 0.6) is 17.2 Å². The number of pyridine rings is 1. The maximum atomic E-state index is 14.1. The zero-order chi connectivity index (χ0) is 27.6. The minimum atomic E-state index is -4.69. The van der Waals surface area contributed by atoms with Gasteiger partial charge in [-0.2, -0.15) is 18.4 Å². The second-order valence-electron chi connectivity index (χ2n) is 9.05.